The normalized spacial score (nSPS) is 15.2. The number of hydrogen-bond donors (Lipinski definition) is 0. The van der Waals surface area contributed by atoms with Gasteiger partial charge in [-0.3, -0.25) is 0 Å². The van der Waals surface area contributed by atoms with Crippen LogP contribution < -0.4 is 9.80 Å². The average molecular weight is 396 g/mol. The summed E-state index contributed by atoms with van der Waals surface area (Å²) in [5, 5.41) is 1.90. The van der Waals surface area contributed by atoms with Crippen LogP contribution in [0.25, 0.3) is 5.65 Å². The highest BCUT2D eigenvalue weighted by atomic mass is 35.5. The molecule has 0 N–H and O–H groups in total. The van der Waals surface area contributed by atoms with Crippen molar-refractivity contribution in [2.24, 2.45) is 0 Å². The van der Waals surface area contributed by atoms with E-state index in [1.165, 1.54) is 0 Å². The molecule has 0 saturated carbocycles. The van der Waals surface area contributed by atoms with Crippen molar-refractivity contribution >= 4 is 52.0 Å². The van der Waals surface area contributed by atoms with Crippen molar-refractivity contribution in [2.45, 2.75) is 6.92 Å². The van der Waals surface area contributed by atoms with Crippen LogP contribution in [0.3, 0.4) is 0 Å². The third-order valence-electron chi connectivity index (χ3n) is 4.56. The molecule has 1 aliphatic rings. The molecule has 0 aliphatic carbocycles. The summed E-state index contributed by atoms with van der Waals surface area (Å²) >= 11 is 18.3. The lowest BCUT2D eigenvalue weighted by Crippen LogP contribution is -2.46. The molecule has 0 radical (unpaired) electrons. The molecular formula is C18H17Cl3N4. The fraction of sp³-hybridized carbons (Fsp3) is 0.278. The summed E-state index contributed by atoms with van der Waals surface area (Å²) < 4.78 is 2.00. The molecule has 3 heterocycles. The fourth-order valence-electron chi connectivity index (χ4n) is 3.24. The van der Waals surface area contributed by atoms with E-state index >= 15 is 0 Å². The smallest absolute Gasteiger partial charge is 0.148 e. The average Bonchev–Trinajstić information content (AvgIpc) is 3.02. The Morgan fingerprint density at radius 2 is 1.60 bits per heavy atom. The molecule has 3 aromatic rings. The van der Waals surface area contributed by atoms with E-state index in [0.29, 0.717) is 10.0 Å². The van der Waals surface area contributed by atoms with Gasteiger partial charge in [-0.25, -0.2) is 4.98 Å². The number of halogens is 3. The lowest BCUT2D eigenvalue weighted by molar-refractivity contribution is 0.649. The number of piperazine rings is 1. The second-order valence-electron chi connectivity index (χ2n) is 6.24. The van der Waals surface area contributed by atoms with Crippen molar-refractivity contribution in [1.29, 1.82) is 0 Å². The molecule has 4 nitrogen and oxygen atoms in total. The van der Waals surface area contributed by atoms with Crippen LogP contribution in [-0.2, 0) is 0 Å². The molecule has 0 amide bonds. The lowest BCUT2D eigenvalue weighted by Gasteiger charge is -2.36. The first-order valence-corrected chi connectivity index (χ1v) is 9.24. The van der Waals surface area contributed by atoms with Gasteiger partial charge in [0.1, 0.15) is 11.5 Å². The van der Waals surface area contributed by atoms with Gasteiger partial charge < -0.3 is 14.2 Å². The molecule has 1 fully saturated rings. The van der Waals surface area contributed by atoms with Crippen LogP contribution in [0.5, 0.6) is 0 Å². The predicted octanol–water partition coefficient (Wildman–Crippen LogP) is 4.93. The molecule has 1 saturated heterocycles. The molecule has 7 heteroatoms. The van der Waals surface area contributed by atoms with Gasteiger partial charge in [-0.1, -0.05) is 34.8 Å². The third-order valence-corrected chi connectivity index (χ3v) is 5.51. The van der Waals surface area contributed by atoms with Gasteiger partial charge in [0.15, 0.2) is 0 Å². The van der Waals surface area contributed by atoms with Gasteiger partial charge in [-0.05, 0) is 36.8 Å². The predicted molar refractivity (Wildman–Crippen MR) is 106 cm³/mol. The first kappa shape index (κ1) is 16.8. The molecule has 1 aliphatic heterocycles. The van der Waals surface area contributed by atoms with E-state index in [1.807, 2.05) is 48.0 Å². The Kier molecular flexibility index (Phi) is 4.44. The summed E-state index contributed by atoms with van der Waals surface area (Å²) in [7, 11) is 0. The minimum atomic E-state index is 0.586. The quantitative estimate of drug-likeness (QED) is 0.615. The highest BCUT2D eigenvalue weighted by Gasteiger charge is 2.20. The second kappa shape index (κ2) is 6.60. The first-order chi connectivity index (χ1) is 12.0. The number of benzene rings is 1. The van der Waals surface area contributed by atoms with E-state index in [2.05, 4.69) is 9.80 Å². The Labute approximate surface area is 161 Å². The number of imidazole rings is 1. The summed E-state index contributed by atoms with van der Waals surface area (Å²) in [4.78, 5) is 9.39. The Morgan fingerprint density at radius 1 is 0.880 bits per heavy atom. The van der Waals surface area contributed by atoms with Crippen LogP contribution in [-0.4, -0.2) is 35.6 Å². The number of aryl methyl sites for hydroxylation is 1. The number of nitrogens with zero attached hydrogens (tertiary/aromatic N) is 4. The zero-order chi connectivity index (χ0) is 17.6. The number of pyridine rings is 1. The van der Waals surface area contributed by atoms with Gasteiger partial charge in [0, 0.05) is 38.1 Å². The topological polar surface area (TPSA) is 23.8 Å². The third kappa shape index (κ3) is 3.26. The molecule has 0 unspecified atom stereocenters. The standard InChI is InChI=1S/C18H17Cl3N4/c1-12-8-13(19)10-25-11-17(22-18(12)25)24-6-4-23(5-7-24)14-2-3-15(20)16(21)9-14/h2-3,8-11H,4-7H2,1H3. The van der Waals surface area contributed by atoms with E-state index in [0.717, 1.165) is 53.9 Å². The summed E-state index contributed by atoms with van der Waals surface area (Å²) in [5.74, 6) is 0.985. The van der Waals surface area contributed by atoms with Crippen molar-refractivity contribution in [3.8, 4) is 0 Å². The Balaban J connectivity index is 1.52. The van der Waals surface area contributed by atoms with Crippen LogP contribution in [0, 0.1) is 6.92 Å². The van der Waals surface area contributed by atoms with Crippen molar-refractivity contribution in [3.05, 3.63) is 57.3 Å². The van der Waals surface area contributed by atoms with E-state index in [9.17, 15) is 0 Å². The van der Waals surface area contributed by atoms with Crippen LogP contribution in [0.1, 0.15) is 5.56 Å². The molecule has 130 valence electrons. The van der Waals surface area contributed by atoms with Gasteiger partial charge in [-0.15, -0.1) is 0 Å². The molecule has 0 bridgehead atoms. The Hall–Kier alpha value is -1.62. The molecule has 1 aromatic carbocycles. The van der Waals surface area contributed by atoms with Gasteiger partial charge in [0.25, 0.3) is 0 Å². The van der Waals surface area contributed by atoms with E-state index in [1.54, 1.807) is 0 Å². The number of hydrogen-bond acceptors (Lipinski definition) is 3. The van der Waals surface area contributed by atoms with Crippen LogP contribution in [0.4, 0.5) is 11.5 Å². The monoisotopic (exact) mass is 394 g/mol. The van der Waals surface area contributed by atoms with E-state index in [4.69, 9.17) is 39.8 Å². The summed E-state index contributed by atoms with van der Waals surface area (Å²) in [5.41, 5.74) is 3.13. The number of aromatic nitrogens is 2. The van der Waals surface area contributed by atoms with Crippen molar-refractivity contribution in [3.63, 3.8) is 0 Å². The van der Waals surface area contributed by atoms with Crippen molar-refractivity contribution in [2.75, 3.05) is 36.0 Å². The Morgan fingerprint density at radius 3 is 2.32 bits per heavy atom. The van der Waals surface area contributed by atoms with Crippen LogP contribution >= 0.6 is 34.8 Å². The first-order valence-electron chi connectivity index (χ1n) is 8.11. The summed E-state index contributed by atoms with van der Waals surface area (Å²) in [6.07, 6.45) is 3.94. The number of anilines is 2. The minimum absolute atomic E-state index is 0.586. The number of rotatable bonds is 2. The maximum Gasteiger partial charge on any atom is 0.148 e. The molecule has 25 heavy (non-hydrogen) atoms. The summed E-state index contributed by atoms with van der Waals surface area (Å²) in [6.45, 7) is 5.64. The maximum atomic E-state index is 6.14. The minimum Gasteiger partial charge on any atom is -0.368 e. The van der Waals surface area contributed by atoms with E-state index < -0.39 is 0 Å². The molecule has 0 spiro atoms. The summed E-state index contributed by atoms with van der Waals surface area (Å²) in [6, 6.07) is 7.73. The zero-order valence-electron chi connectivity index (χ0n) is 13.7. The molecule has 4 rings (SSSR count). The van der Waals surface area contributed by atoms with Gasteiger partial charge in [0.2, 0.25) is 0 Å². The second-order valence-corrected chi connectivity index (χ2v) is 7.49. The van der Waals surface area contributed by atoms with Gasteiger partial charge in [-0.2, -0.15) is 0 Å². The fourth-order valence-corrected chi connectivity index (χ4v) is 3.80. The van der Waals surface area contributed by atoms with Gasteiger partial charge in [0.05, 0.1) is 21.3 Å². The zero-order valence-corrected chi connectivity index (χ0v) is 16.0. The highest BCUT2D eigenvalue weighted by Crippen LogP contribution is 2.28. The number of fused-ring (bicyclic) bond motifs is 1. The van der Waals surface area contributed by atoms with Gasteiger partial charge >= 0.3 is 0 Å². The largest absolute Gasteiger partial charge is 0.368 e. The van der Waals surface area contributed by atoms with E-state index in [-0.39, 0.29) is 0 Å². The van der Waals surface area contributed by atoms with Crippen LogP contribution in [0.15, 0.2) is 36.7 Å². The molecule has 0 atom stereocenters. The Bertz CT molecular complexity index is 929. The maximum absolute atomic E-state index is 6.14. The molecular weight excluding hydrogens is 379 g/mol. The SMILES string of the molecule is Cc1cc(Cl)cn2cc(N3CCN(c4ccc(Cl)c(Cl)c4)CC3)nc12. The molecule has 2 aromatic heterocycles. The van der Waals surface area contributed by atoms with Crippen molar-refractivity contribution in [1.82, 2.24) is 9.38 Å². The van der Waals surface area contributed by atoms with Crippen molar-refractivity contribution < 1.29 is 0 Å². The lowest BCUT2D eigenvalue weighted by atomic mass is 10.2. The highest BCUT2D eigenvalue weighted by molar-refractivity contribution is 6.42. The van der Waals surface area contributed by atoms with Crippen LogP contribution in [0.2, 0.25) is 15.1 Å².